The average Bonchev–Trinajstić information content (AvgIpc) is 3.42. The monoisotopic (exact) mass is 457 g/mol. The predicted octanol–water partition coefficient (Wildman–Crippen LogP) is 3.31. The normalized spacial score (nSPS) is 11.1. The lowest BCUT2D eigenvalue weighted by molar-refractivity contribution is -0.116. The van der Waals surface area contributed by atoms with Crippen LogP contribution in [0.1, 0.15) is 17.7 Å². The van der Waals surface area contributed by atoms with Crippen LogP contribution in [0.25, 0.3) is 22.7 Å². The van der Waals surface area contributed by atoms with Crippen LogP contribution in [0, 0.1) is 12.7 Å². The maximum atomic E-state index is 13.3. The van der Waals surface area contributed by atoms with E-state index >= 15 is 0 Å². The maximum Gasteiger partial charge on any atom is 0.263 e. The molecule has 0 saturated carbocycles. The molecule has 2 aromatic carbocycles. The van der Waals surface area contributed by atoms with Gasteiger partial charge in [0.05, 0.1) is 17.6 Å². The Bertz CT molecular complexity index is 1540. The van der Waals surface area contributed by atoms with E-state index in [9.17, 15) is 14.0 Å². The van der Waals surface area contributed by atoms with Crippen LogP contribution in [-0.2, 0) is 11.2 Å². The average molecular weight is 457 g/mol. The minimum absolute atomic E-state index is 0.118. The molecule has 3 heterocycles. The van der Waals surface area contributed by atoms with Crippen molar-refractivity contribution in [3.05, 3.63) is 94.3 Å². The highest BCUT2D eigenvalue weighted by Crippen LogP contribution is 2.18. The van der Waals surface area contributed by atoms with E-state index in [4.69, 9.17) is 0 Å². The first-order valence-electron chi connectivity index (χ1n) is 10.6. The summed E-state index contributed by atoms with van der Waals surface area (Å²) >= 11 is 0. The first-order valence-corrected chi connectivity index (χ1v) is 10.6. The van der Waals surface area contributed by atoms with Gasteiger partial charge in [-0.15, -0.1) is 0 Å². The topological polar surface area (TPSA) is 110 Å². The fraction of sp³-hybridized carbons (Fsp3) is 0.125. The Morgan fingerprint density at radius 3 is 2.62 bits per heavy atom. The minimum atomic E-state index is -0.414. The number of benzene rings is 2. The second kappa shape index (κ2) is 8.74. The lowest BCUT2D eigenvalue weighted by atomic mass is 10.1. The molecule has 0 fully saturated rings. The number of aromatic amines is 1. The van der Waals surface area contributed by atoms with Gasteiger partial charge in [-0.05, 0) is 43.2 Å². The van der Waals surface area contributed by atoms with Crippen molar-refractivity contribution in [2.75, 3.05) is 5.32 Å². The van der Waals surface area contributed by atoms with Gasteiger partial charge in [0.25, 0.3) is 5.56 Å². The first-order chi connectivity index (χ1) is 16.5. The van der Waals surface area contributed by atoms with Crippen LogP contribution in [0.15, 0.2) is 71.7 Å². The number of hydrogen-bond acceptors (Lipinski definition) is 5. The third-order valence-electron chi connectivity index (χ3n) is 5.28. The van der Waals surface area contributed by atoms with Crippen molar-refractivity contribution in [2.45, 2.75) is 19.8 Å². The standard InChI is InChI=1S/C24H20FN7O2/c1-15-13-20(27-21(33)12-7-16-5-3-2-4-6-16)32(30-15)24-28-22-19(23(34)29-24)14-26-31(22)18-10-8-17(25)9-11-18/h2-6,8-11,13-14H,7,12H2,1H3,(H,27,33)(H,28,29,34). The Morgan fingerprint density at radius 2 is 1.85 bits per heavy atom. The number of aromatic nitrogens is 6. The van der Waals surface area contributed by atoms with Crippen LogP contribution in [0.3, 0.4) is 0 Å². The van der Waals surface area contributed by atoms with Crippen molar-refractivity contribution in [1.82, 2.24) is 29.5 Å². The Balaban J connectivity index is 1.47. The molecule has 0 atom stereocenters. The summed E-state index contributed by atoms with van der Waals surface area (Å²) in [4.78, 5) is 32.6. The minimum Gasteiger partial charge on any atom is -0.310 e. The summed E-state index contributed by atoms with van der Waals surface area (Å²) in [6.07, 6.45) is 2.28. The summed E-state index contributed by atoms with van der Waals surface area (Å²) in [5, 5.41) is 11.7. The molecule has 0 aliphatic rings. The van der Waals surface area contributed by atoms with Gasteiger partial charge in [-0.3, -0.25) is 14.6 Å². The first kappa shape index (κ1) is 21.3. The van der Waals surface area contributed by atoms with Crippen molar-refractivity contribution in [3.63, 3.8) is 0 Å². The molecule has 2 N–H and O–H groups in total. The molecule has 0 aliphatic carbocycles. The van der Waals surface area contributed by atoms with E-state index in [1.807, 2.05) is 30.3 Å². The summed E-state index contributed by atoms with van der Waals surface area (Å²) in [6, 6.07) is 17.1. The third kappa shape index (κ3) is 4.20. The van der Waals surface area contributed by atoms with Gasteiger partial charge in [0.15, 0.2) is 5.65 Å². The Hall–Kier alpha value is -4.60. The summed E-state index contributed by atoms with van der Waals surface area (Å²) in [5.74, 6) is -0.0742. The van der Waals surface area contributed by atoms with Crippen LogP contribution >= 0.6 is 0 Å². The molecular weight excluding hydrogens is 437 g/mol. The van der Waals surface area contributed by atoms with E-state index < -0.39 is 5.56 Å². The fourth-order valence-corrected chi connectivity index (χ4v) is 3.64. The Morgan fingerprint density at radius 1 is 1.09 bits per heavy atom. The molecule has 5 rings (SSSR count). The van der Waals surface area contributed by atoms with Gasteiger partial charge >= 0.3 is 0 Å². The predicted molar refractivity (Wildman–Crippen MR) is 125 cm³/mol. The molecule has 10 heteroatoms. The lowest BCUT2D eigenvalue weighted by Gasteiger charge is -2.09. The second-order valence-corrected chi connectivity index (χ2v) is 7.78. The van der Waals surface area contributed by atoms with Gasteiger partial charge in [-0.1, -0.05) is 30.3 Å². The van der Waals surface area contributed by atoms with Crippen LogP contribution in [-0.4, -0.2) is 35.4 Å². The van der Waals surface area contributed by atoms with Crippen molar-refractivity contribution in [1.29, 1.82) is 0 Å². The molecule has 170 valence electrons. The number of halogens is 1. The quantitative estimate of drug-likeness (QED) is 0.406. The summed E-state index contributed by atoms with van der Waals surface area (Å²) in [5.41, 5.74) is 2.11. The number of nitrogens with one attached hydrogen (secondary N) is 2. The van der Waals surface area contributed by atoms with E-state index in [0.717, 1.165) is 5.56 Å². The van der Waals surface area contributed by atoms with E-state index in [1.54, 1.807) is 25.1 Å². The Labute approximate surface area is 192 Å². The number of anilines is 1. The molecule has 0 bridgehead atoms. The molecule has 9 nitrogen and oxygen atoms in total. The number of nitrogens with zero attached hydrogens (tertiary/aromatic N) is 5. The van der Waals surface area contributed by atoms with Gasteiger partial charge < -0.3 is 5.32 Å². The molecule has 0 saturated heterocycles. The van der Waals surface area contributed by atoms with E-state index in [0.29, 0.717) is 23.6 Å². The van der Waals surface area contributed by atoms with Gasteiger partial charge in [-0.25, -0.2) is 9.07 Å². The fourth-order valence-electron chi connectivity index (χ4n) is 3.64. The summed E-state index contributed by atoms with van der Waals surface area (Å²) < 4.78 is 16.2. The van der Waals surface area contributed by atoms with Crippen molar-refractivity contribution in [3.8, 4) is 11.6 Å². The molecule has 0 radical (unpaired) electrons. The molecule has 0 aliphatic heterocycles. The summed E-state index contributed by atoms with van der Waals surface area (Å²) in [6.45, 7) is 1.77. The van der Waals surface area contributed by atoms with Crippen LogP contribution in [0.5, 0.6) is 0 Å². The SMILES string of the molecule is Cc1cc(NC(=O)CCc2ccccc2)n(-c2nc3c(cnn3-c3ccc(F)cc3)c(=O)[nH]2)n1. The zero-order chi connectivity index (χ0) is 23.7. The van der Waals surface area contributed by atoms with Gasteiger partial charge in [0.1, 0.15) is 17.0 Å². The number of carbonyl (C=O) groups is 1. The van der Waals surface area contributed by atoms with Gasteiger partial charge in [0.2, 0.25) is 11.9 Å². The zero-order valence-electron chi connectivity index (χ0n) is 18.2. The number of aryl methyl sites for hydroxylation is 2. The zero-order valence-corrected chi connectivity index (χ0v) is 18.2. The number of rotatable bonds is 6. The van der Waals surface area contributed by atoms with E-state index in [2.05, 4.69) is 25.5 Å². The maximum absolute atomic E-state index is 13.3. The molecule has 3 aromatic heterocycles. The largest absolute Gasteiger partial charge is 0.310 e. The van der Waals surface area contributed by atoms with E-state index in [-0.39, 0.29) is 35.1 Å². The molecule has 0 unspecified atom stereocenters. The highest BCUT2D eigenvalue weighted by molar-refractivity contribution is 5.90. The second-order valence-electron chi connectivity index (χ2n) is 7.78. The van der Waals surface area contributed by atoms with Crippen LogP contribution < -0.4 is 10.9 Å². The number of carbonyl (C=O) groups excluding carboxylic acids is 1. The van der Waals surface area contributed by atoms with Crippen molar-refractivity contribution < 1.29 is 9.18 Å². The third-order valence-corrected chi connectivity index (χ3v) is 5.28. The highest BCUT2D eigenvalue weighted by Gasteiger charge is 2.17. The van der Waals surface area contributed by atoms with Gasteiger partial charge in [-0.2, -0.15) is 19.9 Å². The number of hydrogen-bond donors (Lipinski definition) is 2. The highest BCUT2D eigenvalue weighted by atomic mass is 19.1. The lowest BCUT2D eigenvalue weighted by Crippen LogP contribution is -2.19. The van der Waals surface area contributed by atoms with Crippen LogP contribution in [0.2, 0.25) is 0 Å². The van der Waals surface area contributed by atoms with Crippen molar-refractivity contribution in [2.24, 2.45) is 0 Å². The molecule has 34 heavy (non-hydrogen) atoms. The van der Waals surface area contributed by atoms with Gasteiger partial charge in [0, 0.05) is 12.5 Å². The summed E-state index contributed by atoms with van der Waals surface area (Å²) in [7, 11) is 0. The van der Waals surface area contributed by atoms with Crippen LogP contribution in [0.4, 0.5) is 10.2 Å². The molecule has 0 spiro atoms. The van der Waals surface area contributed by atoms with Crippen molar-refractivity contribution >= 4 is 22.8 Å². The number of fused-ring (bicyclic) bond motifs is 1. The molecular formula is C24H20FN7O2. The number of amides is 1. The molecule has 5 aromatic rings. The smallest absolute Gasteiger partial charge is 0.263 e. The number of H-pyrrole nitrogens is 1. The Kier molecular flexibility index (Phi) is 5.46. The molecule has 1 amide bonds. The van der Waals surface area contributed by atoms with E-state index in [1.165, 1.54) is 27.7 Å².